The third-order valence-electron chi connectivity index (χ3n) is 3.61. The molecule has 0 aliphatic heterocycles. The van der Waals surface area contributed by atoms with E-state index in [-0.39, 0.29) is 11.2 Å². The molecule has 10 heteroatoms. The highest BCUT2D eigenvalue weighted by Crippen LogP contribution is 2.20. The Hall–Kier alpha value is -3.01. The van der Waals surface area contributed by atoms with Gasteiger partial charge in [-0.25, -0.2) is 4.79 Å². The Balaban J connectivity index is 1.91. The monoisotopic (exact) mass is 329 g/mol. The van der Waals surface area contributed by atoms with Crippen LogP contribution in [0.25, 0.3) is 28.4 Å². The number of aryl methyl sites for hydroxylation is 1. The van der Waals surface area contributed by atoms with E-state index < -0.39 is 11.2 Å². The van der Waals surface area contributed by atoms with E-state index in [1.807, 2.05) is 16.8 Å². The molecule has 4 aromatic rings. The number of thiophene rings is 1. The summed E-state index contributed by atoms with van der Waals surface area (Å²) in [6.07, 6.45) is 1.71. The Labute approximate surface area is 132 Å². The van der Waals surface area contributed by atoms with E-state index in [1.165, 1.54) is 16.3 Å². The normalized spacial score (nSPS) is 11.4. The lowest BCUT2D eigenvalue weighted by Crippen LogP contribution is -2.36. The summed E-state index contributed by atoms with van der Waals surface area (Å²) in [5, 5.41) is 12.0. The molecule has 9 nitrogen and oxygen atoms in total. The largest absolute Gasteiger partial charge is 0.332 e. The second-order valence-electron chi connectivity index (χ2n) is 5.03. The fourth-order valence-corrected chi connectivity index (χ4v) is 2.98. The Morgan fingerprint density at radius 3 is 2.78 bits per heavy atom. The third kappa shape index (κ3) is 1.95. The van der Waals surface area contributed by atoms with Gasteiger partial charge < -0.3 is 4.98 Å². The van der Waals surface area contributed by atoms with Crippen LogP contribution in [0.5, 0.6) is 0 Å². The molecule has 23 heavy (non-hydrogen) atoms. The van der Waals surface area contributed by atoms with Crippen LogP contribution in [0.3, 0.4) is 0 Å². The lowest BCUT2D eigenvalue weighted by molar-refractivity contribution is 0.708. The molecule has 0 aliphatic carbocycles. The number of hydrogen-bond acceptors (Lipinski definition) is 6. The van der Waals surface area contributed by atoms with Crippen molar-refractivity contribution in [1.29, 1.82) is 0 Å². The van der Waals surface area contributed by atoms with Gasteiger partial charge in [0.15, 0.2) is 11.2 Å². The number of H-pyrrole nitrogens is 1. The molecule has 0 bridgehead atoms. The van der Waals surface area contributed by atoms with Crippen molar-refractivity contribution in [2.75, 3.05) is 0 Å². The minimum atomic E-state index is -0.432. The molecule has 0 saturated heterocycles. The van der Waals surface area contributed by atoms with Crippen molar-refractivity contribution in [2.24, 2.45) is 14.1 Å². The van der Waals surface area contributed by atoms with Crippen LogP contribution in [0.15, 0.2) is 32.6 Å². The molecule has 4 rings (SSSR count). The van der Waals surface area contributed by atoms with Gasteiger partial charge in [-0.05, 0) is 11.4 Å². The first-order chi connectivity index (χ1) is 11.1. The van der Waals surface area contributed by atoms with Crippen molar-refractivity contribution in [3.05, 3.63) is 43.9 Å². The number of nitrogens with one attached hydrogen (secondary N) is 1. The van der Waals surface area contributed by atoms with Gasteiger partial charge in [0.2, 0.25) is 5.95 Å². The molecular weight excluding hydrogens is 318 g/mol. The van der Waals surface area contributed by atoms with Crippen LogP contribution in [0.2, 0.25) is 0 Å². The number of imidazole rings is 1. The molecule has 1 N–H and O–H groups in total. The van der Waals surface area contributed by atoms with Gasteiger partial charge >= 0.3 is 5.69 Å². The van der Waals surface area contributed by atoms with E-state index >= 15 is 0 Å². The van der Waals surface area contributed by atoms with Crippen LogP contribution in [0, 0.1) is 0 Å². The van der Waals surface area contributed by atoms with Crippen molar-refractivity contribution in [1.82, 2.24) is 34.1 Å². The molecule has 0 amide bonds. The predicted molar refractivity (Wildman–Crippen MR) is 84.8 cm³/mol. The zero-order valence-electron chi connectivity index (χ0n) is 12.2. The topological polar surface area (TPSA) is 103 Å². The van der Waals surface area contributed by atoms with Crippen LogP contribution < -0.4 is 11.2 Å². The Morgan fingerprint density at radius 1 is 1.22 bits per heavy atom. The standard InChI is InChI=1S/C13H11N7O2S/c1-18-10-9(11(21)19(2)13(18)22)14-12(15-10)20-5-8(16-17-20)7-3-4-23-6-7/h3-6H,1-2H3,(H,14,15). The summed E-state index contributed by atoms with van der Waals surface area (Å²) < 4.78 is 3.78. The predicted octanol–water partition coefficient (Wildman–Crippen LogP) is 0.269. The Morgan fingerprint density at radius 2 is 2.04 bits per heavy atom. The van der Waals surface area contributed by atoms with Gasteiger partial charge in [-0.15, -0.1) is 5.10 Å². The number of nitrogens with zero attached hydrogens (tertiary/aromatic N) is 6. The molecule has 116 valence electrons. The van der Waals surface area contributed by atoms with Gasteiger partial charge in [-0.2, -0.15) is 21.0 Å². The molecule has 0 unspecified atom stereocenters. The number of aromatic nitrogens is 7. The second-order valence-corrected chi connectivity index (χ2v) is 5.81. The molecular formula is C13H11N7O2S. The van der Waals surface area contributed by atoms with E-state index in [1.54, 1.807) is 24.6 Å². The van der Waals surface area contributed by atoms with Gasteiger partial charge in [0, 0.05) is 25.0 Å². The number of rotatable bonds is 2. The Bertz CT molecular complexity index is 1130. The lowest BCUT2D eigenvalue weighted by atomic mass is 10.3. The molecule has 0 atom stereocenters. The first-order valence-corrected chi connectivity index (χ1v) is 7.61. The third-order valence-corrected chi connectivity index (χ3v) is 4.29. The lowest BCUT2D eigenvalue weighted by Gasteiger charge is -2.00. The van der Waals surface area contributed by atoms with Gasteiger partial charge in [0.1, 0.15) is 5.69 Å². The van der Waals surface area contributed by atoms with E-state index in [0.29, 0.717) is 11.6 Å². The fraction of sp³-hybridized carbons (Fsp3) is 0.154. The van der Waals surface area contributed by atoms with E-state index in [2.05, 4.69) is 20.3 Å². The molecule has 4 heterocycles. The van der Waals surface area contributed by atoms with Gasteiger partial charge in [-0.3, -0.25) is 13.9 Å². The SMILES string of the molecule is Cn1c(=O)c2[nH]c(-n3cc(-c4ccsc4)nn3)nc2n(C)c1=O. The highest BCUT2D eigenvalue weighted by Gasteiger charge is 2.15. The first kappa shape index (κ1) is 13.6. The average Bonchev–Trinajstić information content (AvgIpc) is 3.29. The minimum Gasteiger partial charge on any atom is -0.316 e. The number of fused-ring (bicyclic) bond motifs is 1. The van der Waals surface area contributed by atoms with E-state index in [9.17, 15) is 9.59 Å². The van der Waals surface area contributed by atoms with Crippen molar-refractivity contribution in [3.8, 4) is 17.2 Å². The minimum absolute atomic E-state index is 0.247. The van der Waals surface area contributed by atoms with Gasteiger partial charge in [-0.1, -0.05) is 5.21 Å². The molecule has 0 fully saturated rings. The maximum absolute atomic E-state index is 12.2. The summed E-state index contributed by atoms with van der Waals surface area (Å²) in [5.41, 5.74) is 1.32. The molecule has 0 aromatic carbocycles. The molecule has 0 aliphatic rings. The van der Waals surface area contributed by atoms with E-state index in [4.69, 9.17) is 0 Å². The molecule has 0 spiro atoms. The molecule has 4 aromatic heterocycles. The van der Waals surface area contributed by atoms with E-state index in [0.717, 1.165) is 10.1 Å². The highest BCUT2D eigenvalue weighted by molar-refractivity contribution is 7.08. The number of aromatic amines is 1. The van der Waals surface area contributed by atoms with Crippen molar-refractivity contribution in [2.45, 2.75) is 0 Å². The Kier molecular flexibility index (Phi) is 2.81. The van der Waals surface area contributed by atoms with Crippen molar-refractivity contribution < 1.29 is 0 Å². The van der Waals surface area contributed by atoms with Gasteiger partial charge in [0.25, 0.3) is 5.56 Å². The summed E-state index contributed by atoms with van der Waals surface area (Å²) in [6.45, 7) is 0. The highest BCUT2D eigenvalue weighted by atomic mass is 32.1. The van der Waals surface area contributed by atoms with Crippen LogP contribution in [-0.2, 0) is 14.1 Å². The van der Waals surface area contributed by atoms with Crippen molar-refractivity contribution >= 4 is 22.5 Å². The fourth-order valence-electron chi connectivity index (χ4n) is 2.33. The molecule has 0 radical (unpaired) electrons. The summed E-state index contributed by atoms with van der Waals surface area (Å²) in [7, 11) is 2.99. The first-order valence-electron chi connectivity index (χ1n) is 6.67. The van der Waals surface area contributed by atoms with Crippen LogP contribution in [0.4, 0.5) is 0 Å². The zero-order valence-corrected chi connectivity index (χ0v) is 13.0. The van der Waals surface area contributed by atoms with Gasteiger partial charge in [0.05, 0.1) is 6.20 Å². The average molecular weight is 329 g/mol. The summed E-state index contributed by atoms with van der Waals surface area (Å²) in [6, 6.07) is 1.94. The van der Waals surface area contributed by atoms with Crippen LogP contribution in [0.1, 0.15) is 0 Å². The molecule has 0 saturated carbocycles. The maximum atomic E-state index is 12.2. The quantitative estimate of drug-likeness (QED) is 0.568. The van der Waals surface area contributed by atoms with Crippen LogP contribution in [-0.4, -0.2) is 34.1 Å². The smallest absolute Gasteiger partial charge is 0.316 e. The summed E-state index contributed by atoms with van der Waals surface area (Å²) in [4.78, 5) is 31.3. The summed E-state index contributed by atoms with van der Waals surface area (Å²) in [5.74, 6) is 0.326. The summed E-state index contributed by atoms with van der Waals surface area (Å²) >= 11 is 1.57. The number of hydrogen-bond donors (Lipinski definition) is 1. The van der Waals surface area contributed by atoms with Crippen LogP contribution >= 0.6 is 11.3 Å². The maximum Gasteiger partial charge on any atom is 0.332 e. The second kappa shape index (κ2) is 4.74. The van der Waals surface area contributed by atoms with Crippen molar-refractivity contribution in [3.63, 3.8) is 0 Å². The zero-order chi connectivity index (χ0) is 16.1.